The van der Waals surface area contributed by atoms with Gasteiger partial charge < -0.3 is 14.0 Å². The normalized spacial score (nSPS) is 13.5. The maximum atomic E-state index is 12.8. The van der Waals surface area contributed by atoms with E-state index in [1.807, 2.05) is 134 Å². The van der Waals surface area contributed by atoms with Crippen LogP contribution >= 0.6 is 0 Å². The summed E-state index contributed by atoms with van der Waals surface area (Å²) in [5, 5.41) is 3.20. The largest absolute Gasteiger partial charge is 0.501 e. The predicted molar refractivity (Wildman–Crippen MR) is 301 cm³/mol. The Hall–Kier alpha value is -6.38. The standard InChI is InChI=1S/C50H51N4O.C14H15FNSi.Ir/c1-30(2)39-26-35(33-20-18-32(19-21-33)29-49(5,6)7)27-40(31(3)4)45(39)54-43-17-12-11-16-42(43)52-47(54)38-15-13-14-37-36-23-22-34(28-44(36)55-46(37)38)41-24-25-51-48(53-41)50(8,9)10;1-17(2,3)13-8-9-14(16-10-13)11-4-6-12(15)7-5-11;/h11-14,16-28,30-31H,29H2,1-10H3;4,6-10H,1-3H3;/q2*-1;/i29D2,30D,31D;;. The van der Waals surface area contributed by atoms with Crippen molar-refractivity contribution in [1.82, 2.24) is 24.5 Å². The molecule has 0 aliphatic heterocycles. The van der Waals surface area contributed by atoms with E-state index in [0.29, 0.717) is 28.1 Å². The number of imidazole rings is 1. The first kappa shape index (κ1) is 47.6. The van der Waals surface area contributed by atoms with Crippen LogP contribution < -0.4 is 5.19 Å². The van der Waals surface area contributed by atoms with E-state index >= 15 is 0 Å². The van der Waals surface area contributed by atoms with Crippen molar-refractivity contribution in [2.75, 3.05) is 0 Å². The van der Waals surface area contributed by atoms with Crippen LogP contribution in [-0.4, -0.2) is 32.6 Å². The second-order valence-corrected chi connectivity index (χ2v) is 27.2. The van der Waals surface area contributed by atoms with Gasteiger partial charge in [0.25, 0.3) is 0 Å². The Morgan fingerprint density at radius 3 is 2.04 bits per heavy atom. The van der Waals surface area contributed by atoms with E-state index in [1.165, 1.54) is 17.3 Å². The molecular weight excluding hydrogens is 1090 g/mol. The molecule has 375 valence electrons. The van der Waals surface area contributed by atoms with Crippen LogP contribution in [0.2, 0.25) is 19.6 Å². The van der Waals surface area contributed by atoms with Crippen LogP contribution in [0.4, 0.5) is 4.39 Å². The summed E-state index contributed by atoms with van der Waals surface area (Å²) in [6, 6.07) is 46.6. The number of halogens is 1. The van der Waals surface area contributed by atoms with Gasteiger partial charge in [-0.3, -0.25) is 9.37 Å². The molecule has 0 amide bonds. The van der Waals surface area contributed by atoms with E-state index in [0.717, 1.165) is 78.1 Å². The number of rotatable bonds is 9. The number of fused-ring (bicyclic) bond motifs is 4. The van der Waals surface area contributed by atoms with Gasteiger partial charge in [0.05, 0.1) is 36.2 Å². The molecule has 4 heterocycles. The fourth-order valence-corrected chi connectivity index (χ4v) is 9.95. The summed E-state index contributed by atoms with van der Waals surface area (Å²) in [4.78, 5) is 19.1. The molecule has 6 aromatic carbocycles. The summed E-state index contributed by atoms with van der Waals surface area (Å²) in [6.07, 6.45) is 2.20. The minimum absolute atomic E-state index is 0. The topological polar surface area (TPSA) is 69.6 Å². The van der Waals surface area contributed by atoms with E-state index in [4.69, 9.17) is 17.1 Å². The monoisotopic (exact) mass is 1160 g/mol. The number of para-hydroxylation sites is 2. The molecule has 0 fully saturated rings. The minimum atomic E-state index is -1.54. The molecule has 0 N–H and O–H groups in total. The molecule has 73 heavy (non-hydrogen) atoms. The van der Waals surface area contributed by atoms with Gasteiger partial charge in [0.2, 0.25) is 0 Å². The van der Waals surface area contributed by atoms with Crippen molar-refractivity contribution >= 4 is 46.2 Å². The van der Waals surface area contributed by atoms with Gasteiger partial charge in [-0.1, -0.05) is 160 Å². The fourth-order valence-electron chi connectivity index (χ4n) is 8.91. The van der Waals surface area contributed by atoms with Crippen LogP contribution in [0, 0.1) is 23.4 Å². The predicted octanol–water partition coefficient (Wildman–Crippen LogP) is 16.9. The molecule has 0 saturated carbocycles. The van der Waals surface area contributed by atoms with Crippen molar-refractivity contribution in [1.29, 1.82) is 0 Å². The summed E-state index contributed by atoms with van der Waals surface area (Å²) < 4.78 is 58.5. The zero-order valence-corrected chi connectivity index (χ0v) is 47.5. The number of furan rings is 1. The number of nitrogens with zero attached hydrogens (tertiary/aromatic N) is 5. The number of hydrogen-bond donors (Lipinski definition) is 0. The van der Waals surface area contributed by atoms with Crippen LogP contribution in [0.1, 0.15) is 109 Å². The van der Waals surface area contributed by atoms with E-state index in [9.17, 15) is 7.13 Å². The van der Waals surface area contributed by atoms with Gasteiger partial charge in [-0.25, -0.2) is 9.97 Å². The quantitative estimate of drug-likeness (QED) is 0.106. The van der Waals surface area contributed by atoms with Crippen LogP contribution in [-0.2, 0) is 31.9 Å². The Morgan fingerprint density at radius 2 is 1.42 bits per heavy atom. The van der Waals surface area contributed by atoms with Gasteiger partial charge in [-0.2, -0.15) is 0 Å². The second kappa shape index (κ2) is 20.9. The minimum Gasteiger partial charge on any atom is -0.501 e. The SMILES string of the molecule is C[Si](C)(C)c1ccc(-c2[c-]cc(F)cc2)nc1.[2H]C(C)(C)c1cc(-c2ccc(C([2H])([2H])C(C)(C)C)cc2)cc(C([2H])(C)C)c1-n1c(-c2[c-]ccc3c2oc2cc(-c4ccnc(C(C)(C)C)n4)ccc23)nc2ccccc21.[Ir]. The first-order chi connectivity index (χ1) is 35.5. The number of benzene rings is 6. The van der Waals surface area contributed by atoms with Gasteiger partial charge in [0, 0.05) is 65.9 Å². The fraction of sp³-hybridized carbons (Fsp3) is 0.281. The second-order valence-electron chi connectivity index (χ2n) is 22.2. The Morgan fingerprint density at radius 1 is 0.726 bits per heavy atom. The third-order valence-corrected chi connectivity index (χ3v) is 14.7. The Labute approximate surface area is 451 Å². The maximum absolute atomic E-state index is 12.8. The first-order valence-electron chi connectivity index (χ1n) is 26.6. The Kier molecular flexibility index (Phi) is 13.6. The maximum Gasteiger partial charge on any atom is 0.134 e. The van der Waals surface area contributed by atoms with Crippen molar-refractivity contribution in [3.63, 3.8) is 0 Å². The van der Waals surface area contributed by atoms with Crippen molar-refractivity contribution in [2.24, 2.45) is 5.41 Å². The molecule has 4 aromatic heterocycles. The van der Waals surface area contributed by atoms with Gasteiger partial charge in [0.1, 0.15) is 11.4 Å². The van der Waals surface area contributed by atoms with E-state index < -0.39 is 31.6 Å². The summed E-state index contributed by atoms with van der Waals surface area (Å²) >= 11 is 0. The third kappa shape index (κ3) is 11.4. The number of aromatic nitrogens is 5. The molecule has 10 rings (SSSR count). The van der Waals surface area contributed by atoms with Crippen molar-refractivity contribution < 1.29 is 34.4 Å². The van der Waals surface area contributed by atoms with Crippen LogP contribution in [0.15, 0.2) is 144 Å². The van der Waals surface area contributed by atoms with Gasteiger partial charge in [0.15, 0.2) is 0 Å². The van der Waals surface area contributed by atoms with Gasteiger partial charge in [-0.15, -0.1) is 48.0 Å². The number of hydrogen-bond acceptors (Lipinski definition) is 5. The molecule has 0 saturated heterocycles. The number of pyridine rings is 1. The molecule has 6 nitrogen and oxygen atoms in total. The molecule has 0 unspecified atom stereocenters. The molecule has 1 radical (unpaired) electrons. The summed E-state index contributed by atoms with van der Waals surface area (Å²) in [6.45, 7) is 26.4. The molecule has 10 aromatic rings. The smallest absolute Gasteiger partial charge is 0.134 e. The summed E-state index contributed by atoms with van der Waals surface area (Å²) in [5.74, 6) is -1.10. The van der Waals surface area contributed by atoms with Crippen LogP contribution in [0.25, 0.3) is 83.7 Å². The van der Waals surface area contributed by atoms with E-state index in [2.05, 4.69) is 97.4 Å². The zero-order chi connectivity index (χ0) is 54.9. The molecule has 0 atom stereocenters. The van der Waals surface area contributed by atoms with Crippen molar-refractivity contribution in [3.8, 4) is 50.7 Å². The average molecular weight is 1160 g/mol. The van der Waals surface area contributed by atoms with Gasteiger partial charge >= 0.3 is 0 Å². The Balaban J connectivity index is 0.000000370. The van der Waals surface area contributed by atoms with E-state index in [-0.39, 0.29) is 31.3 Å². The first-order valence-corrected chi connectivity index (χ1v) is 28.1. The van der Waals surface area contributed by atoms with Crippen LogP contribution in [0.3, 0.4) is 0 Å². The van der Waals surface area contributed by atoms with E-state index in [1.54, 1.807) is 12.3 Å². The molecule has 0 aliphatic carbocycles. The zero-order valence-electron chi connectivity index (χ0n) is 48.1. The molecular formula is C64H66FIrN5OSi-2. The summed E-state index contributed by atoms with van der Waals surface area (Å²) in [5.41, 5.74) is 10.8. The third-order valence-electron chi connectivity index (χ3n) is 12.7. The van der Waals surface area contributed by atoms with Crippen LogP contribution in [0.5, 0.6) is 0 Å². The summed E-state index contributed by atoms with van der Waals surface area (Å²) in [7, 11) is -1.30. The molecule has 0 spiro atoms. The Bertz CT molecular complexity index is 3730. The average Bonchev–Trinajstić information content (AvgIpc) is 3.94. The molecule has 0 bridgehead atoms. The van der Waals surface area contributed by atoms with Crippen molar-refractivity contribution in [3.05, 3.63) is 180 Å². The molecule has 9 heteroatoms. The van der Waals surface area contributed by atoms with Crippen molar-refractivity contribution in [2.45, 2.75) is 112 Å². The van der Waals surface area contributed by atoms with Gasteiger partial charge in [-0.05, 0) is 98.7 Å². The molecule has 0 aliphatic rings.